The number of imide groups is 1. The lowest BCUT2D eigenvalue weighted by molar-refractivity contribution is -0.138. The Morgan fingerprint density at radius 2 is 1.84 bits per heavy atom. The zero-order valence-corrected chi connectivity index (χ0v) is 33.8. The summed E-state index contributed by atoms with van der Waals surface area (Å²) in [6.45, 7) is 7.47. The molecule has 3 saturated heterocycles. The maximum Gasteiger partial charge on any atom is 0.419 e. The number of nitrogens with one attached hydrogen (secondary N) is 3. The lowest BCUT2D eigenvalue weighted by Gasteiger charge is -2.34. The Hall–Kier alpha value is -5.05. The summed E-state index contributed by atoms with van der Waals surface area (Å²) < 4.78 is 47.5. The molecule has 0 bridgehead atoms. The molecule has 2 unspecified atom stereocenters. The third-order valence-electron chi connectivity index (χ3n) is 10.8. The van der Waals surface area contributed by atoms with Crippen molar-refractivity contribution in [3.63, 3.8) is 0 Å². The molecule has 58 heavy (non-hydrogen) atoms. The van der Waals surface area contributed by atoms with E-state index < -0.39 is 46.3 Å². The lowest BCUT2D eigenvalue weighted by atomic mass is 9.94. The average molecular weight is 841 g/mol. The van der Waals surface area contributed by atoms with Gasteiger partial charge in [0.1, 0.15) is 23.4 Å². The van der Waals surface area contributed by atoms with Crippen LogP contribution in [0.2, 0.25) is 5.02 Å². The SMILES string of the molecule is CCc1cc(N2C(S)N(c3cnc(C#N)c(C(F)(F)F)c3)C(=O)C2(C)C)ccc1OCCC1CCN(CC(=O)Nc2cc(NC3CCC(=O)NC3=O)ccc2Cl)CC1. The van der Waals surface area contributed by atoms with E-state index in [9.17, 15) is 37.6 Å². The van der Waals surface area contributed by atoms with Gasteiger partial charge in [0.25, 0.3) is 5.91 Å². The van der Waals surface area contributed by atoms with Gasteiger partial charge in [0.05, 0.1) is 41.3 Å². The van der Waals surface area contributed by atoms with Crippen LogP contribution in [-0.2, 0) is 31.8 Å². The number of halogens is 4. The van der Waals surface area contributed by atoms with Crippen LogP contribution < -0.4 is 30.5 Å². The average Bonchev–Trinajstić information content (AvgIpc) is 3.36. The number of thiol groups is 1. The van der Waals surface area contributed by atoms with Crippen molar-refractivity contribution in [3.05, 3.63) is 70.5 Å². The third-order valence-corrected chi connectivity index (χ3v) is 11.5. The Bertz CT molecular complexity index is 2120. The molecule has 0 saturated carbocycles. The summed E-state index contributed by atoms with van der Waals surface area (Å²) in [6.07, 6.45) is 0.0555. The van der Waals surface area contributed by atoms with E-state index >= 15 is 0 Å². The summed E-state index contributed by atoms with van der Waals surface area (Å²) >= 11 is 11.1. The molecule has 3 aliphatic rings. The number of anilines is 4. The summed E-state index contributed by atoms with van der Waals surface area (Å²) in [7, 11) is 0. The van der Waals surface area contributed by atoms with E-state index in [2.05, 4.69) is 25.8 Å². The number of amides is 4. The topological polar surface area (TPSA) is 160 Å². The molecule has 18 heteroatoms. The van der Waals surface area contributed by atoms with Crippen LogP contribution in [0.5, 0.6) is 5.75 Å². The van der Waals surface area contributed by atoms with Crippen molar-refractivity contribution >= 4 is 70.6 Å². The molecule has 13 nitrogen and oxygen atoms in total. The van der Waals surface area contributed by atoms with Crippen LogP contribution in [0, 0.1) is 17.2 Å². The maximum atomic E-state index is 13.7. The number of hydrogen-bond acceptors (Lipinski definition) is 11. The summed E-state index contributed by atoms with van der Waals surface area (Å²) in [4.78, 5) is 59.0. The second kappa shape index (κ2) is 17.4. The van der Waals surface area contributed by atoms with E-state index in [0.717, 1.165) is 55.1 Å². The second-order valence-electron chi connectivity index (χ2n) is 15.0. The minimum Gasteiger partial charge on any atom is -0.493 e. The number of nitrogens with zero attached hydrogens (tertiary/aromatic N) is 5. The van der Waals surface area contributed by atoms with Gasteiger partial charge in [-0.1, -0.05) is 18.5 Å². The largest absolute Gasteiger partial charge is 0.493 e. The Morgan fingerprint density at radius 1 is 1.10 bits per heavy atom. The Morgan fingerprint density at radius 3 is 2.52 bits per heavy atom. The molecule has 6 rings (SSSR count). The lowest BCUT2D eigenvalue weighted by Crippen LogP contribution is -2.47. The smallest absolute Gasteiger partial charge is 0.419 e. The molecule has 0 aliphatic carbocycles. The number of aryl methyl sites for hydroxylation is 1. The van der Waals surface area contributed by atoms with E-state index in [1.807, 2.05) is 19.1 Å². The van der Waals surface area contributed by atoms with Crippen LogP contribution >= 0.6 is 24.2 Å². The molecular weight excluding hydrogens is 797 g/mol. The number of benzene rings is 2. The van der Waals surface area contributed by atoms with E-state index in [-0.39, 0.29) is 30.5 Å². The molecule has 2 atom stereocenters. The van der Waals surface area contributed by atoms with Crippen LogP contribution in [0.4, 0.5) is 35.9 Å². The molecule has 4 heterocycles. The monoisotopic (exact) mass is 840 g/mol. The molecule has 308 valence electrons. The summed E-state index contributed by atoms with van der Waals surface area (Å²) in [5, 5.41) is 17.8. The van der Waals surface area contributed by atoms with Crippen molar-refractivity contribution in [1.29, 1.82) is 5.26 Å². The Kier molecular flexibility index (Phi) is 12.8. The number of ether oxygens (including phenoxy) is 1. The number of hydrogen-bond donors (Lipinski definition) is 4. The highest BCUT2D eigenvalue weighted by Crippen LogP contribution is 2.43. The van der Waals surface area contributed by atoms with Gasteiger partial charge in [-0.15, -0.1) is 12.6 Å². The maximum absolute atomic E-state index is 13.7. The van der Waals surface area contributed by atoms with Gasteiger partial charge in [-0.2, -0.15) is 18.4 Å². The van der Waals surface area contributed by atoms with Gasteiger partial charge in [0, 0.05) is 17.8 Å². The van der Waals surface area contributed by atoms with Crippen molar-refractivity contribution < 1.29 is 37.1 Å². The number of rotatable bonds is 12. The van der Waals surface area contributed by atoms with E-state index in [0.29, 0.717) is 53.2 Å². The zero-order chi connectivity index (χ0) is 41.9. The molecule has 0 radical (unpaired) electrons. The Labute approximate surface area is 344 Å². The number of alkyl halides is 3. The standard InChI is InChI=1S/C40H44ClF3N8O5S/c1-4-24-17-26(52-38(58)51(37(56)39(52,2)3)27-19-28(40(42,43)44)32(20-45)46-21-27)6-9-33(24)57-16-13-23-11-14-50(15-12-23)22-35(54)48-31-18-25(5-7-29(31)41)47-30-8-10-34(53)49-36(30)55/h5-7,9,17-19,21,23,30,38,47,58H,4,8,10-16,22H2,1-3H3,(H,48,54)(H,49,53,55). The molecule has 0 spiro atoms. The number of aromatic nitrogens is 1. The fourth-order valence-electron chi connectivity index (χ4n) is 7.54. The minimum absolute atomic E-state index is 0.120. The van der Waals surface area contributed by atoms with Crippen LogP contribution in [0.3, 0.4) is 0 Å². The Balaban J connectivity index is 1.00. The van der Waals surface area contributed by atoms with Crippen molar-refractivity contribution in [3.8, 4) is 11.8 Å². The van der Waals surface area contributed by atoms with Gasteiger partial charge in [-0.25, -0.2) is 4.98 Å². The molecule has 3 N–H and O–H groups in total. The highest BCUT2D eigenvalue weighted by molar-refractivity contribution is 7.81. The minimum atomic E-state index is -4.84. The fourth-order valence-corrected chi connectivity index (χ4v) is 8.37. The first kappa shape index (κ1) is 42.6. The highest BCUT2D eigenvalue weighted by Gasteiger charge is 2.52. The first-order valence-corrected chi connectivity index (χ1v) is 19.9. The van der Waals surface area contributed by atoms with E-state index in [1.165, 1.54) is 6.07 Å². The second-order valence-corrected chi connectivity index (χ2v) is 15.9. The molecule has 3 aliphatic heterocycles. The summed E-state index contributed by atoms with van der Waals surface area (Å²) in [5.41, 5.74) is -1.74. The number of nitriles is 1. The van der Waals surface area contributed by atoms with Crippen molar-refractivity contribution in [2.75, 3.05) is 46.7 Å². The third kappa shape index (κ3) is 9.29. The van der Waals surface area contributed by atoms with E-state index in [4.69, 9.17) is 29.0 Å². The van der Waals surface area contributed by atoms with Crippen LogP contribution in [0.1, 0.15) is 69.7 Å². The molecule has 4 amide bonds. The molecule has 3 aromatic rings. The van der Waals surface area contributed by atoms with Gasteiger partial charge in [0.2, 0.25) is 17.7 Å². The van der Waals surface area contributed by atoms with Crippen molar-refractivity contribution in [2.24, 2.45) is 5.92 Å². The van der Waals surface area contributed by atoms with Crippen molar-refractivity contribution in [1.82, 2.24) is 15.2 Å². The number of pyridine rings is 1. The molecule has 3 fully saturated rings. The fraction of sp³-hybridized carbons (Fsp3) is 0.450. The molecular formula is C40H44ClF3N8O5S. The highest BCUT2D eigenvalue weighted by atomic mass is 35.5. The van der Waals surface area contributed by atoms with Crippen LogP contribution in [0.25, 0.3) is 0 Å². The first-order chi connectivity index (χ1) is 27.5. The quantitative estimate of drug-likeness (QED) is 0.119. The van der Waals surface area contributed by atoms with E-state index in [1.54, 1.807) is 43.0 Å². The van der Waals surface area contributed by atoms with Crippen LogP contribution in [-0.4, -0.2) is 76.8 Å². The van der Waals surface area contributed by atoms with Gasteiger partial charge in [-0.05, 0) is 113 Å². The predicted molar refractivity (Wildman–Crippen MR) is 216 cm³/mol. The van der Waals surface area contributed by atoms with Gasteiger partial charge >= 0.3 is 6.18 Å². The summed E-state index contributed by atoms with van der Waals surface area (Å²) in [6, 6.07) is 12.2. The normalized spacial score (nSPS) is 20.2. The molecule has 2 aromatic carbocycles. The number of carbonyl (C=O) groups is 4. The number of piperidine rings is 2. The molecule has 1 aromatic heterocycles. The summed E-state index contributed by atoms with van der Waals surface area (Å²) in [5.74, 6) is -0.295. The predicted octanol–water partition coefficient (Wildman–Crippen LogP) is 6.37. The zero-order valence-electron chi connectivity index (χ0n) is 32.2. The first-order valence-electron chi connectivity index (χ1n) is 19.0. The van der Waals surface area contributed by atoms with Gasteiger partial charge in [-0.3, -0.25) is 34.3 Å². The van der Waals surface area contributed by atoms with Crippen LogP contribution in [0.15, 0.2) is 48.7 Å². The van der Waals surface area contributed by atoms with Gasteiger partial charge in [0.15, 0.2) is 11.2 Å². The van der Waals surface area contributed by atoms with Gasteiger partial charge < -0.3 is 20.3 Å². The number of likely N-dealkylation sites (tertiary alicyclic amines) is 1. The van der Waals surface area contributed by atoms with Crippen molar-refractivity contribution in [2.45, 2.75) is 82.6 Å². The number of carbonyl (C=O) groups excluding carboxylic acids is 4.